The fourth-order valence-electron chi connectivity index (χ4n) is 1.92. The van der Waals surface area contributed by atoms with Gasteiger partial charge < -0.3 is 10.0 Å². The van der Waals surface area contributed by atoms with Crippen molar-refractivity contribution < 1.29 is 5.11 Å². The first-order chi connectivity index (χ1) is 7.48. The normalized spacial score (nSPS) is 22.1. The predicted octanol–water partition coefficient (Wildman–Crippen LogP) is 2.82. The average Bonchev–Trinajstić information content (AvgIpc) is 2.66. The van der Waals surface area contributed by atoms with Gasteiger partial charge in [0.05, 0.1) is 11.8 Å². The Morgan fingerprint density at radius 2 is 2.06 bits per heavy atom. The second-order valence-electron chi connectivity index (χ2n) is 5.38. The van der Waals surface area contributed by atoms with Crippen LogP contribution in [0.3, 0.4) is 0 Å². The molecule has 1 aliphatic rings. The summed E-state index contributed by atoms with van der Waals surface area (Å²) in [4.78, 5) is 6.81. The quantitative estimate of drug-likeness (QED) is 0.863. The predicted molar refractivity (Wildman–Crippen MR) is 68.0 cm³/mol. The number of anilines is 1. The van der Waals surface area contributed by atoms with Gasteiger partial charge in [0, 0.05) is 18.5 Å². The maximum absolute atomic E-state index is 9.44. The second-order valence-corrected chi connectivity index (χ2v) is 6.22. The van der Waals surface area contributed by atoms with Crippen LogP contribution in [0.1, 0.15) is 45.4 Å². The number of aliphatic hydroxyl groups excluding tert-OH is 1. The Kier molecular flexibility index (Phi) is 3.22. The SMILES string of the molecule is CC(O)c1csc(N2CCC(C)(C)CC2)n1. The number of rotatable bonds is 2. The standard InChI is InChI=1S/C12H20N2OS/c1-9(15)10-8-16-11(13-10)14-6-4-12(2,3)5-7-14/h8-9,15H,4-7H2,1-3H3. The number of aromatic nitrogens is 1. The first-order valence-corrected chi connectivity index (χ1v) is 6.74. The molecule has 4 heteroatoms. The zero-order valence-corrected chi connectivity index (χ0v) is 11.0. The zero-order valence-electron chi connectivity index (χ0n) is 10.2. The van der Waals surface area contributed by atoms with E-state index in [1.165, 1.54) is 12.8 Å². The monoisotopic (exact) mass is 240 g/mol. The maximum Gasteiger partial charge on any atom is 0.185 e. The molecule has 1 atom stereocenters. The third-order valence-electron chi connectivity index (χ3n) is 3.33. The van der Waals surface area contributed by atoms with Crippen LogP contribution in [0.15, 0.2) is 5.38 Å². The summed E-state index contributed by atoms with van der Waals surface area (Å²) in [7, 11) is 0. The van der Waals surface area contributed by atoms with E-state index in [1.807, 2.05) is 5.38 Å². The van der Waals surface area contributed by atoms with Gasteiger partial charge in [-0.1, -0.05) is 13.8 Å². The minimum atomic E-state index is -0.453. The fraction of sp³-hybridized carbons (Fsp3) is 0.750. The lowest BCUT2D eigenvalue weighted by Crippen LogP contribution is -2.37. The average molecular weight is 240 g/mol. The summed E-state index contributed by atoms with van der Waals surface area (Å²) < 4.78 is 0. The fourth-order valence-corrected chi connectivity index (χ4v) is 2.88. The molecule has 2 rings (SSSR count). The minimum absolute atomic E-state index is 0.453. The summed E-state index contributed by atoms with van der Waals surface area (Å²) in [6.07, 6.45) is 1.99. The van der Waals surface area contributed by atoms with Crippen LogP contribution in [-0.4, -0.2) is 23.2 Å². The molecule has 0 saturated carbocycles. The topological polar surface area (TPSA) is 36.4 Å². The molecule has 0 bridgehead atoms. The summed E-state index contributed by atoms with van der Waals surface area (Å²) >= 11 is 1.64. The molecule has 1 saturated heterocycles. The lowest BCUT2D eigenvalue weighted by atomic mass is 9.83. The summed E-state index contributed by atoms with van der Waals surface area (Å²) in [5.74, 6) is 0. The highest BCUT2D eigenvalue weighted by molar-refractivity contribution is 7.13. The van der Waals surface area contributed by atoms with Gasteiger partial charge in [-0.2, -0.15) is 0 Å². The van der Waals surface area contributed by atoms with Gasteiger partial charge in [-0.15, -0.1) is 11.3 Å². The second kappa shape index (κ2) is 4.34. The maximum atomic E-state index is 9.44. The minimum Gasteiger partial charge on any atom is -0.387 e. The molecule has 1 aliphatic heterocycles. The molecule has 16 heavy (non-hydrogen) atoms. The van der Waals surface area contributed by atoms with Crippen LogP contribution in [0.4, 0.5) is 5.13 Å². The Labute approximate surface area is 101 Å². The van der Waals surface area contributed by atoms with E-state index >= 15 is 0 Å². The van der Waals surface area contributed by atoms with E-state index in [9.17, 15) is 5.11 Å². The van der Waals surface area contributed by atoms with Gasteiger partial charge in [0.1, 0.15) is 0 Å². The molecule has 1 aromatic heterocycles. The molecular formula is C12H20N2OS. The molecule has 0 aromatic carbocycles. The van der Waals surface area contributed by atoms with Crippen molar-refractivity contribution in [3.05, 3.63) is 11.1 Å². The van der Waals surface area contributed by atoms with E-state index < -0.39 is 6.10 Å². The van der Waals surface area contributed by atoms with Crippen LogP contribution in [0, 0.1) is 5.41 Å². The number of piperidine rings is 1. The number of aliphatic hydroxyl groups is 1. The summed E-state index contributed by atoms with van der Waals surface area (Å²) in [6, 6.07) is 0. The molecule has 90 valence electrons. The van der Waals surface area contributed by atoms with Gasteiger partial charge in [-0.3, -0.25) is 0 Å². The van der Waals surface area contributed by atoms with E-state index in [1.54, 1.807) is 18.3 Å². The highest BCUT2D eigenvalue weighted by atomic mass is 32.1. The largest absolute Gasteiger partial charge is 0.387 e. The lowest BCUT2D eigenvalue weighted by Gasteiger charge is -2.36. The molecule has 1 aromatic rings. The Bertz CT molecular complexity index is 350. The first-order valence-electron chi connectivity index (χ1n) is 5.86. The third-order valence-corrected chi connectivity index (χ3v) is 4.25. The number of hydrogen-bond acceptors (Lipinski definition) is 4. The molecule has 0 radical (unpaired) electrons. The van der Waals surface area contributed by atoms with Crippen molar-refractivity contribution in [2.45, 2.75) is 39.7 Å². The van der Waals surface area contributed by atoms with E-state index in [-0.39, 0.29) is 0 Å². The molecule has 2 heterocycles. The Hall–Kier alpha value is -0.610. The molecule has 1 N–H and O–H groups in total. The van der Waals surface area contributed by atoms with Crippen molar-refractivity contribution in [3.8, 4) is 0 Å². The van der Waals surface area contributed by atoms with E-state index in [0.717, 1.165) is 23.9 Å². The van der Waals surface area contributed by atoms with Gasteiger partial charge in [-0.25, -0.2) is 4.98 Å². The van der Waals surface area contributed by atoms with Crippen molar-refractivity contribution in [1.29, 1.82) is 0 Å². The molecule has 1 fully saturated rings. The zero-order chi connectivity index (χ0) is 11.8. The van der Waals surface area contributed by atoms with E-state index in [4.69, 9.17) is 0 Å². The lowest BCUT2D eigenvalue weighted by molar-refractivity contribution is 0.195. The summed E-state index contributed by atoms with van der Waals surface area (Å²) in [6.45, 7) is 8.58. The number of hydrogen-bond donors (Lipinski definition) is 1. The summed E-state index contributed by atoms with van der Waals surface area (Å²) in [5, 5.41) is 12.5. The molecule has 0 amide bonds. The number of nitrogens with zero attached hydrogens (tertiary/aromatic N) is 2. The van der Waals surface area contributed by atoms with Crippen molar-refractivity contribution >= 4 is 16.5 Å². The van der Waals surface area contributed by atoms with Crippen molar-refractivity contribution in [2.24, 2.45) is 5.41 Å². The van der Waals surface area contributed by atoms with Crippen LogP contribution >= 0.6 is 11.3 Å². The van der Waals surface area contributed by atoms with Crippen LogP contribution in [-0.2, 0) is 0 Å². The summed E-state index contributed by atoms with van der Waals surface area (Å²) in [5.41, 5.74) is 1.27. The van der Waals surface area contributed by atoms with E-state index in [2.05, 4.69) is 23.7 Å². The Morgan fingerprint density at radius 3 is 2.56 bits per heavy atom. The molecule has 0 aliphatic carbocycles. The van der Waals surface area contributed by atoms with Gasteiger partial charge in [0.2, 0.25) is 0 Å². The van der Waals surface area contributed by atoms with E-state index in [0.29, 0.717) is 5.41 Å². The first kappa shape index (κ1) is 11.9. The molecule has 1 unspecified atom stereocenters. The highest BCUT2D eigenvalue weighted by Gasteiger charge is 2.26. The van der Waals surface area contributed by atoms with Gasteiger partial charge >= 0.3 is 0 Å². The molecule has 0 spiro atoms. The molecule has 3 nitrogen and oxygen atoms in total. The third kappa shape index (κ3) is 2.55. The van der Waals surface area contributed by atoms with Crippen LogP contribution < -0.4 is 4.90 Å². The van der Waals surface area contributed by atoms with Crippen molar-refractivity contribution in [1.82, 2.24) is 4.98 Å². The Balaban J connectivity index is 2.03. The van der Waals surface area contributed by atoms with Crippen molar-refractivity contribution in [3.63, 3.8) is 0 Å². The molecular weight excluding hydrogens is 220 g/mol. The van der Waals surface area contributed by atoms with Crippen LogP contribution in [0.2, 0.25) is 0 Å². The van der Waals surface area contributed by atoms with Crippen molar-refractivity contribution in [2.75, 3.05) is 18.0 Å². The van der Waals surface area contributed by atoms with Crippen LogP contribution in [0.5, 0.6) is 0 Å². The Morgan fingerprint density at radius 1 is 1.44 bits per heavy atom. The number of thiazole rings is 1. The highest BCUT2D eigenvalue weighted by Crippen LogP contribution is 2.33. The van der Waals surface area contributed by atoms with Crippen LogP contribution in [0.25, 0.3) is 0 Å². The van der Waals surface area contributed by atoms with Gasteiger partial charge in [0.25, 0.3) is 0 Å². The smallest absolute Gasteiger partial charge is 0.185 e. The van der Waals surface area contributed by atoms with Gasteiger partial charge in [-0.05, 0) is 25.2 Å². The van der Waals surface area contributed by atoms with Gasteiger partial charge in [0.15, 0.2) is 5.13 Å².